The first-order chi connectivity index (χ1) is 9.11. The highest BCUT2D eigenvalue weighted by molar-refractivity contribution is 6.30. The van der Waals surface area contributed by atoms with Crippen LogP contribution in [0.4, 0.5) is 5.82 Å². The minimum atomic E-state index is -0.509. The van der Waals surface area contributed by atoms with Crippen LogP contribution in [0.15, 0.2) is 30.6 Å². The lowest BCUT2D eigenvalue weighted by molar-refractivity contribution is 0.0521. The zero-order chi connectivity index (χ0) is 13.8. The Morgan fingerprint density at radius 1 is 1.53 bits per heavy atom. The van der Waals surface area contributed by atoms with Crippen LogP contribution >= 0.6 is 11.6 Å². The van der Waals surface area contributed by atoms with Gasteiger partial charge in [0.05, 0.1) is 19.5 Å². The first-order valence-corrected chi connectivity index (χ1v) is 6.21. The summed E-state index contributed by atoms with van der Waals surface area (Å²) in [6, 6.07) is 7.42. The Morgan fingerprint density at radius 2 is 2.32 bits per heavy atom. The number of carbonyl (C=O) groups excluding carboxylic acids is 1. The van der Waals surface area contributed by atoms with Crippen molar-refractivity contribution in [3.8, 4) is 0 Å². The molecule has 0 atom stereocenters. The van der Waals surface area contributed by atoms with E-state index in [1.807, 2.05) is 18.2 Å². The summed E-state index contributed by atoms with van der Waals surface area (Å²) in [7, 11) is 0. The molecule has 0 bridgehead atoms. The third-order valence-corrected chi connectivity index (χ3v) is 2.82. The number of nitrogens with zero attached hydrogens (tertiary/aromatic N) is 2. The van der Waals surface area contributed by atoms with Gasteiger partial charge in [-0.1, -0.05) is 23.7 Å². The summed E-state index contributed by atoms with van der Waals surface area (Å²) in [4.78, 5) is 15.6. The van der Waals surface area contributed by atoms with Crippen LogP contribution in [0.1, 0.15) is 23.0 Å². The van der Waals surface area contributed by atoms with E-state index in [0.717, 1.165) is 5.56 Å². The molecule has 0 amide bonds. The maximum atomic E-state index is 11.6. The highest BCUT2D eigenvalue weighted by Crippen LogP contribution is 2.16. The number of ether oxygens (including phenoxy) is 1. The van der Waals surface area contributed by atoms with E-state index in [1.165, 1.54) is 6.33 Å². The zero-order valence-electron chi connectivity index (χ0n) is 10.5. The summed E-state index contributed by atoms with van der Waals surface area (Å²) in [5.74, 6) is -0.219. The predicted octanol–water partition coefficient (Wildman–Crippen LogP) is 2.34. The van der Waals surface area contributed by atoms with E-state index in [-0.39, 0.29) is 5.69 Å². The van der Waals surface area contributed by atoms with Crippen molar-refractivity contribution in [1.29, 1.82) is 0 Å². The van der Waals surface area contributed by atoms with E-state index in [1.54, 1.807) is 17.6 Å². The fourth-order valence-electron chi connectivity index (χ4n) is 1.71. The predicted molar refractivity (Wildman–Crippen MR) is 73.1 cm³/mol. The second kappa shape index (κ2) is 5.75. The molecular weight excluding hydrogens is 266 g/mol. The largest absolute Gasteiger partial charge is 0.461 e. The van der Waals surface area contributed by atoms with Gasteiger partial charge in [-0.25, -0.2) is 9.78 Å². The number of aromatic nitrogens is 2. The fourth-order valence-corrected chi connectivity index (χ4v) is 1.92. The van der Waals surface area contributed by atoms with E-state index in [2.05, 4.69) is 4.98 Å². The molecule has 2 aromatic rings. The number of anilines is 1. The summed E-state index contributed by atoms with van der Waals surface area (Å²) in [5, 5.41) is 0.654. The second-order valence-electron chi connectivity index (χ2n) is 3.96. The lowest BCUT2D eigenvalue weighted by Crippen LogP contribution is -2.10. The molecule has 6 heteroatoms. The van der Waals surface area contributed by atoms with Gasteiger partial charge in [-0.15, -0.1) is 0 Å². The molecule has 0 spiro atoms. The monoisotopic (exact) mass is 279 g/mol. The number of nitrogen functional groups attached to an aromatic ring is 1. The molecule has 1 heterocycles. The quantitative estimate of drug-likeness (QED) is 0.872. The normalized spacial score (nSPS) is 10.4. The molecule has 0 aliphatic carbocycles. The number of imidazole rings is 1. The number of hydrogen-bond acceptors (Lipinski definition) is 4. The number of benzene rings is 1. The summed E-state index contributed by atoms with van der Waals surface area (Å²) in [6.07, 6.45) is 1.52. The van der Waals surface area contributed by atoms with Gasteiger partial charge in [0.25, 0.3) is 0 Å². The highest BCUT2D eigenvalue weighted by Gasteiger charge is 2.16. The summed E-state index contributed by atoms with van der Waals surface area (Å²) < 4.78 is 6.55. The molecule has 0 saturated carbocycles. The van der Waals surface area contributed by atoms with Gasteiger partial charge in [0.1, 0.15) is 5.82 Å². The van der Waals surface area contributed by atoms with Gasteiger partial charge in [0, 0.05) is 5.02 Å². The van der Waals surface area contributed by atoms with Crippen molar-refractivity contribution in [2.75, 3.05) is 12.3 Å². The summed E-state index contributed by atoms with van der Waals surface area (Å²) in [5.41, 5.74) is 7.01. The standard InChI is InChI=1S/C13H14ClN3O2/c1-2-19-13(18)11-12(15)17(8-16-11)7-9-4-3-5-10(14)6-9/h3-6,8H,2,7,15H2,1H3. The Hall–Kier alpha value is -2.01. The minimum absolute atomic E-state index is 0.142. The van der Waals surface area contributed by atoms with Crippen LogP contribution in [0.2, 0.25) is 5.02 Å². The van der Waals surface area contributed by atoms with Gasteiger partial charge >= 0.3 is 5.97 Å². The molecule has 1 aromatic carbocycles. The third-order valence-electron chi connectivity index (χ3n) is 2.59. The number of nitrogens with two attached hydrogens (primary N) is 1. The van der Waals surface area contributed by atoms with Gasteiger partial charge in [-0.2, -0.15) is 0 Å². The maximum absolute atomic E-state index is 11.6. The summed E-state index contributed by atoms with van der Waals surface area (Å²) in [6.45, 7) is 2.52. The van der Waals surface area contributed by atoms with Gasteiger partial charge in [-0.3, -0.25) is 0 Å². The average molecular weight is 280 g/mol. The number of esters is 1. The van der Waals surface area contributed by atoms with Gasteiger partial charge in [0.2, 0.25) is 0 Å². The third kappa shape index (κ3) is 3.06. The molecule has 0 aliphatic heterocycles. The maximum Gasteiger partial charge on any atom is 0.360 e. The summed E-state index contributed by atoms with van der Waals surface area (Å²) >= 11 is 5.92. The molecule has 2 N–H and O–H groups in total. The number of halogens is 1. The zero-order valence-corrected chi connectivity index (χ0v) is 11.2. The van der Waals surface area contributed by atoms with Gasteiger partial charge < -0.3 is 15.0 Å². The average Bonchev–Trinajstić information content (AvgIpc) is 2.71. The lowest BCUT2D eigenvalue weighted by Gasteiger charge is -2.06. The molecule has 0 saturated heterocycles. The van der Waals surface area contributed by atoms with E-state index >= 15 is 0 Å². The topological polar surface area (TPSA) is 70.1 Å². The Balaban J connectivity index is 2.20. The molecular formula is C13H14ClN3O2. The van der Waals surface area contributed by atoms with Crippen molar-refractivity contribution in [3.63, 3.8) is 0 Å². The second-order valence-corrected chi connectivity index (χ2v) is 4.39. The molecule has 0 fully saturated rings. The van der Waals surface area contributed by atoms with E-state index in [4.69, 9.17) is 22.1 Å². The van der Waals surface area contributed by atoms with Crippen LogP contribution in [0.25, 0.3) is 0 Å². The molecule has 1 aromatic heterocycles. The van der Waals surface area contributed by atoms with Crippen molar-refractivity contribution in [3.05, 3.63) is 46.9 Å². The smallest absolute Gasteiger partial charge is 0.360 e. The number of carbonyl (C=O) groups is 1. The molecule has 19 heavy (non-hydrogen) atoms. The Morgan fingerprint density at radius 3 is 3.00 bits per heavy atom. The van der Waals surface area contributed by atoms with Crippen LogP contribution < -0.4 is 5.73 Å². The molecule has 2 rings (SSSR count). The van der Waals surface area contributed by atoms with Crippen molar-refractivity contribution in [2.24, 2.45) is 0 Å². The molecule has 100 valence electrons. The molecule has 0 unspecified atom stereocenters. The number of hydrogen-bond donors (Lipinski definition) is 1. The molecule has 5 nitrogen and oxygen atoms in total. The van der Waals surface area contributed by atoms with E-state index in [9.17, 15) is 4.79 Å². The van der Waals surface area contributed by atoms with Crippen molar-refractivity contribution < 1.29 is 9.53 Å². The Labute approximate surface area is 116 Å². The lowest BCUT2D eigenvalue weighted by atomic mass is 10.2. The van der Waals surface area contributed by atoms with Crippen LogP contribution in [-0.2, 0) is 11.3 Å². The van der Waals surface area contributed by atoms with Gasteiger partial charge in [0.15, 0.2) is 5.69 Å². The van der Waals surface area contributed by atoms with Crippen LogP contribution in [-0.4, -0.2) is 22.1 Å². The van der Waals surface area contributed by atoms with Crippen LogP contribution in [0.3, 0.4) is 0 Å². The van der Waals surface area contributed by atoms with Crippen LogP contribution in [0, 0.1) is 0 Å². The van der Waals surface area contributed by atoms with Gasteiger partial charge in [-0.05, 0) is 24.6 Å². The Bertz CT molecular complexity index is 595. The van der Waals surface area contributed by atoms with Crippen molar-refractivity contribution in [1.82, 2.24) is 9.55 Å². The van der Waals surface area contributed by atoms with Crippen LogP contribution in [0.5, 0.6) is 0 Å². The number of rotatable bonds is 4. The van der Waals surface area contributed by atoms with E-state index in [0.29, 0.717) is 24.0 Å². The fraction of sp³-hybridized carbons (Fsp3) is 0.231. The van der Waals surface area contributed by atoms with Crippen molar-refractivity contribution >= 4 is 23.4 Å². The molecule has 0 aliphatic rings. The highest BCUT2D eigenvalue weighted by atomic mass is 35.5. The SMILES string of the molecule is CCOC(=O)c1ncn(Cc2cccc(Cl)c2)c1N. The first-order valence-electron chi connectivity index (χ1n) is 5.84. The minimum Gasteiger partial charge on any atom is -0.461 e. The Kier molecular flexibility index (Phi) is 4.06. The van der Waals surface area contributed by atoms with Crippen molar-refractivity contribution in [2.45, 2.75) is 13.5 Å². The first kappa shape index (κ1) is 13.4. The molecule has 0 radical (unpaired) electrons. The van der Waals surface area contributed by atoms with E-state index < -0.39 is 5.97 Å².